The quantitative estimate of drug-likeness (QED) is 0.377. The molecular formula is C19H14F3N7O4. The molecule has 3 heterocycles. The first-order valence-corrected chi connectivity index (χ1v) is 9.63. The van der Waals surface area contributed by atoms with Crippen LogP contribution in [0.2, 0.25) is 0 Å². The first kappa shape index (κ1) is 20.5. The van der Waals surface area contributed by atoms with Crippen molar-refractivity contribution in [1.82, 2.24) is 30.2 Å². The van der Waals surface area contributed by atoms with E-state index in [0.717, 1.165) is 25.0 Å². The zero-order valence-corrected chi connectivity index (χ0v) is 16.5. The summed E-state index contributed by atoms with van der Waals surface area (Å²) < 4.78 is 47.9. The van der Waals surface area contributed by atoms with Crippen molar-refractivity contribution in [1.29, 1.82) is 0 Å². The Hall–Kier alpha value is -4.36. The molecule has 2 aromatic heterocycles. The summed E-state index contributed by atoms with van der Waals surface area (Å²) in [7, 11) is 0. The Bertz CT molecular complexity index is 1280. The number of urea groups is 1. The van der Waals surface area contributed by atoms with Crippen LogP contribution in [0, 0.1) is 0 Å². The Kier molecular flexibility index (Phi) is 4.76. The van der Waals surface area contributed by atoms with E-state index in [4.69, 9.17) is 4.74 Å². The normalized spacial score (nSPS) is 17.2. The number of hydrogen-bond acceptors (Lipinski definition) is 8. The second-order valence-corrected chi connectivity index (χ2v) is 7.17. The van der Waals surface area contributed by atoms with Gasteiger partial charge in [0.15, 0.2) is 5.65 Å². The summed E-state index contributed by atoms with van der Waals surface area (Å²) in [5.74, 6) is -0.488. The Morgan fingerprint density at radius 2 is 1.82 bits per heavy atom. The fourth-order valence-electron chi connectivity index (χ4n) is 2.98. The van der Waals surface area contributed by atoms with Crippen LogP contribution in [0.1, 0.15) is 18.4 Å². The fourth-order valence-corrected chi connectivity index (χ4v) is 2.98. The lowest BCUT2D eigenvalue weighted by Crippen LogP contribution is -2.22. The lowest BCUT2D eigenvalue weighted by Gasteiger charge is -2.11. The first-order chi connectivity index (χ1) is 15.7. The van der Waals surface area contributed by atoms with E-state index in [1.807, 2.05) is 0 Å². The number of hydrogen-bond donors (Lipinski definition) is 3. The van der Waals surface area contributed by atoms with E-state index in [-0.39, 0.29) is 29.1 Å². The number of ether oxygens (including phenoxy) is 2. The monoisotopic (exact) mass is 461 g/mol. The number of nitrogens with zero attached hydrogens (tertiary/aromatic N) is 4. The SMILES string of the molecule is O=C1NC(=O)/C(=C/c2cnn3c(NC4CC4)nc(Oc4ccc(OC(F)(F)F)cc4)nc23)N1. The van der Waals surface area contributed by atoms with Gasteiger partial charge in [-0.2, -0.15) is 19.6 Å². The molecule has 0 spiro atoms. The topological polar surface area (TPSA) is 132 Å². The van der Waals surface area contributed by atoms with Gasteiger partial charge in [-0.15, -0.1) is 13.2 Å². The van der Waals surface area contributed by atoms with Crippen LogP contribution in [-0.4, -0.2) is 43.9 Å². The van der Waals surface area contributed by atoms with Gasteiger partial charge >= 0.3 is 18.4 Å². The Morgan fingerprint density at radius 3 is 2.45 bits per heavy atom. The maximum Gasteiger partial charge on any atom is 0.573 e. The molecule has 0 unspecified atom stereocenters. The minimum absolute atomic E-state index is 0.0212. The van der Waals surface area contributed by atoms with Gasteiger partial charge in [-0.05, 0) is 43.2 Å². The molecule has 2 fully saturated rings. The van der Waals surface area contributed by atoms with Gasteiger partial charge in [0.1, 0.15) is 17.2 Å². The third-order valence-electron chi connectivity index (χ3n) is 4.57. The van der Waals surface area contributed by atoms with Crippen LogP contribution in [0.25, 0.3) is 11.7 Å². The lowest BCUT2D eigenvalue weighted by atomic mass is 10.2. The van der Waals surface area contributed by atoms with Crippen molar-refractivity contribution in [3.8, 4) is 17.5 Å². The molecule has 1 aliphatic heterocycles. The molecule has 1 aromatic carbocycles. The summed E-state index contributed by atoms with van der Waals surface area (Å²) in [6.07, 6.45) is -0.0502. The van der Waals surface area contributed by atoms with Crippen molar-refractivity contribution in [2.24, 2.45) is 0 Å². The molecule has 11 nitrogen and oxygen atoms in total. The average molecular weight is 461 g/mol. The van der Waals surface area contributed by atoms with Crippen LogP contribution in [0.3, 0.4) is 0 Å². The number of alkyl halides is 3. The number of anilines is 1. The van der Waals surface area contributed by atoms with E-state index in [1.54, 1.807) is 0 Å². The minimum Gasteiger partial charge on any atom is -0.424 e. The second-order valence-electron chi connectivity index (χ2n) is 7.17. The molecule has 0 radical (unpaired) electrons. The molecule has 3 aromatic rings. The number of nitrogens with one attached hydrogen (secondary N) is 3. The highest BCUT2D eigenvalue weighted by atomic mass is 19.4. The molecule has 14 heteroatoms. The molecule has 3 N–H and O–H groups in total. The molecule has 5 rings (SSSR count). The number of carbonyl (C=O) groups excluding carboxylic acids is 2. The summed E-state index contributed by atoms with van der Waals surface area (Å²) >= 11 is 0. The highest BCUT2D eigenvalue weighted by molar-refractivity contribution is 6.14. The van der Waals surface area contributed by atoms with Crippen LogP contribution in [0.4, 0.5) is 23.9 Å². The smallest absolute Gasteiger partial charge is 0.424 e. The van der Waals surface area contributed by atoms with Crippen molar-refractivity contribution in [2.45, 2.75) is 25.2 Å². The number of aromatic nitrogens is 4. The van der Waals surface area contributed by atoms with Crippen molar-refractivity contribution in [3.63, 3.8) is 0 Å². The van der Waals surface area contributed by atoms with Crippen molar-refractivity contribution >= 4 is 29.6 Å². The number of carbonyl (C=O) groups is 2. The molecule has 0 atom stereocenters. The summed E-state index contributed by atoms with van der Waals surface area (Å²) in [6, 6.07) is 4.22. The third-order valence-corrected chi connectivity index (χ3v) is 4.57. The molecule has 1 saturated heterocycles. The number of rotatable bonds is 6. The van der Waals surface area contributed by atoms with E-state index >= 15 is 0 Å². The summed E-state index contributed by atoms with van der Waals surface area (Å²) in [4.78, 5) is 31.8. The molecular weight excluding hydrogens is 447 g/mol. The maximum atomic E-state index is 12.3. The first-order valence-electron chi connectivity index (χ1n) is 9.63. The number of benzene rings is 1. The molecule has 2 aliphatic rings. The molecule has 0 bridgehead atoms. The van der Waals surface area contributed by atoms with Gasteiger partial charge in [-0.1, -0.05) is 0 Å². The van der Waals surface area contributed by atoms with Gasteiger partial charge in [-0.25, -0.2) is 4.79 Å². The highest BCUT2D eigenvalue weighted by Gasteiger charge is 2.31. The predicted molar refractivity (Wildman–Crippen MR) is 105 cm³/mol. The number of amides is 3. The third kappa shape index (κ3) is 4.63. The van der Waals surface area contributed by atoms with E-state index in [0.29, 0.717) is 11.5 Å². The lowest BCUT2D eigenvalue weighted by molar-refractivity contribution is -0.274. The van der Waals surface area contributed by atoms with Crippen molar-refractivity contribution in [3.05, 3.63) is 41.7 Å². The van der Waals surface area contributed by atoms with Crippen LogP contribution in [0.5, 0.6) is 17.5 Å². The minimum atomic E-state index is -4.80. The van der Waals surface area contributed by atoms with Crippen LogP contribution in [0.15, 0.2) is 36.2 Å². The molecule has 1 saturated carbocycles. The van der Waals surface area contributed by atoms with E-state index in [2.05, 4.69) is 35.8 Å². The Balaban J connectivity index is 1.47. The predicted octanol–water partition coefficient (Wildman–Crippen LogP) is 2.57. The number of imide groups is 1. The van der Waals surface area contributed by atoms with Crippen LogP contribution < -0.4 is 25.4 Å². The highest BCUT2D eigenvalue weighted by Crippen LogP contribution is 2.29. The number of halogens is 3. The van der Waals surface area contributed by atoms with Gasteiger partial charge in [0.2, 0.25) is 5.95 Å². The summed E-state index contributed by atoms with van der Waals surface area (Å²) in [6.45, 7) is 0. The van der Waals surface area contributed by atoms with Gasteiger partial charge < -0.3 is 20.1 Å². The van der Waals surface area contributed by atoms with Gasteiger partial charge in [0.25, 0.3) is 5.91 Å². The van der Waals surface area contributed by atoms with Crippen molar-refractivity contribution < 1.29 is 32.2 Å². The average Bonchev–Trinajstić information content (AvgIpc) is 3.37. The zero-order chi connectivity index (χ0) is 23.2. The maximum absolute atomic E-state index is 12.3. The van der Waals surface area contributed by atoms with Crippen molar-refractivity contribution in [2.75, 3.05) is 5.32 Å². The standard InChI is InChI=1S/C19H14F3N7O4/c20-19(21,22)33-12-5-3-11(4-6-12)32-18-26-14-9(7-13-15(30)27-17(31)25-13)8-23-29(14)16(28-18)24-10-1-2-10/h3-8,10H,1-2H2,(H,24,26,28)(H2,25,27,30,31)/b13-7-. The van der Waals surface area contributed by atoms with E-state index in [9.17, 15) is 22.8 Å². The summed E-state index contributed by atoms with van der Waals surface area (Å²) in [5, 5.41) is 11.9. The van der Waals surface area contributed by atoms with E-state index < -0.39 is 24.1 Å². The fraction of sp³-hybridized carbons (Fsp3) is 0.211. The molecule has 33 heavy (non-hydrogen) atoms. The second kappa shape index (κ2) is 7.65. The largest absolute Gasteiger partial charge is 0.573 e. The summed E-state index contributed by atoms with van der Waals surface area (Å²) in [5.41, 5.74) is 0.705. The van der Waals surface area contributed by atoms with Gasteiger partial charge in [0, 0.05) is 11.6 Å². The molecule has 170 valence electrons. The van der Waals surface area contributed by atoms with Crippen LogP contribution in [-0.2, 0) is 4.79 Å². The zero-order valence-electron chi connectivity index (χ0n) is 16.5. The number of fused-ring (bicyclic) bond motifs is 1. The van der Waals surface area contributed by atoms with Crippen LogP contribution >= 0.6 is 0 Å². The van der Waals surface area contributed by atoms with Gasteiger partial charge in [0.05, 0.1) is 6.20 Å². The van der Waals surface area contributed by atoms with Gasteiger partial charge in [-0.3, -0.25) is 10.1 Å². The molecule has 1 aliphatic carbocycles. The molecule has 3 amide bonds. The Morgan fingerprint density at radius 1 is 1.09 bits per heavy atom. The Labute approximate surface area is 182 Å². The van der Waals surface area contributed by atoms with E-state index in [1.165, 1.54) is 28.9 Å².